The molecular formula is C22H20ClN3O4. The molecule has 4 rings (SSSR count). The van der Waals surface area contributed by atoms with E-state index in [4.69, 9.17) is 21.1 Å². The van der Waals surface area contributed by atoms with Crippen LogP contribution in [0.25, 0.3) is 11.4 Å². The average molecular weight is 426 g/mol. The molecule has 0 radical (unpaired) electrons. The van der Waals surface area contributed by atoms with E-state index in [9.17, 15) is 9.59 Å². The van der Waals surface area contributed by atoms with Crippen LogP contribution in [-0.2, 0) is 13.0 Å². The van der Waals surface area contributed by atoms with Gasteiger partial charge in [-0.15, -0.1) is 0 Å². The fourth-order valence-corrected chi connectivity index (χ4v) is 3.67. The summed E-state index contributed by atoms with van der Waals surface area (Å²) in [6.45, 7) is 0.664. The SMILES string of the molecule is COc1ccc(-c2nc3c(c(=O)[nH]2)CCN(C(=O)c2ccc(Cl)cc2OC)C3)cc1. The first-order valence-corrected chi connectivity index (χ1v) is 9.77. The van der Waals surface area contributed by atoms with Crippen LogP contribution in [-0.4, -0.2) is 41.5 Å². The van der Waals surface area contributed by atoms with Gasteiger partial charge in [-0.3, -0.25) is 9.59 Å². The minimum atomic E-state index is -0.192. The Morgan fingerprint density at radius 2 is 1.90 bits per heavy atom. The number of hydrogen-bond donors (Lipinski definition) is 1. The molecule has 0 saturated carbocycles. The van der Waals surface area contributed by atoms with Crippen molar-refractivity contribution >= 4 is 17.5 Å². The standard InChI is InChI=1S/C22H20ClN3O4/c1-29-15-6-3-13(4-7-15)20-24-18-12-26(10-9-16(18)21(27)25-20)22(28)17-8-5-14(23)11-19(17)30-2/h3-8,11H,9-10,12H2,1-2H3,(H,24,25,27). The van der Waals surface area contributed by atoms with E-state index in [1.165, 1.54) is 7.11 Å². The van der Waals surface area contributed by atoms with Crippen molar-refractivity contribution in [1.29, 1.82) is 0 Å². The van der Waals surface area contributed by atoms with E-state index in [1.54, 1.807) is 42.3 Å². The number of H-pyrrole nitrogens is 1. The number of nitrogens with one attached hydrogen (secondary N) is 1. The highest BCUT2D eigenvalue weighted by molar-refractivity contribution is 6.30. The molecule has 1 aromatic heterocycles. The Labute approximate surface area is 178 Å². The second-order valence-electron chi connectivity index (χ2n) is 6.89. The molecule has 0 aliphatic carbocycles. The van der Waals surface area contributed by atoms with Crippen molar-refractivity contribution in [1.82, 2.24) is 14.9 Å². The zero-order valence-electron chi connectivity index (χ0n) is 16.6. The summed E-state index contributed by atoms with van der Waals surface area (Å²) in [5.74, 6) is 1.39. The maximum atomic E-state index is 13.1. The predicted molar refractivity (Wildman–Crippen MR) is 113 cm³/mol. The minimum absolute atomic E-state index is 0.179. The van der Waals surface area contributed by atoms with Gasteiger partial charge < -0.3 is 19.4 Å². The highest BCUT2D eigenvalue weighted by Gasteiger charge is 2.27. The van der Waals surface area contributed by atoms with Gasteiger partial charge in [0.05, 0.1) is 32.0 Å². The first kappa shape index (κ1) is 20.0. The number of rotatable bonds is 4. The third kappa shape index (κ3) is 3.76. The molecule has 2 heterocycles. The average Bonchev–Trinajstić information content (AvgIpc) is 2.78. The van der Waals surface area contributed by atoms with Crippen LogP contribution < -0.4 is 15.0 Å². The lowest BCUT2D eigenvalue weighted by atomic mass is 10.0. The van der Waals surface area contributed by atoms with E-state index in [1.807, 2.05) is 12.1 Å². The first-order chi connectivity index (χ1) is 14.5. The van der Waals surface area contributed by atoms with Gasteiger partial charge in [0.1, 0.15) is 17.3 Å². The van der Waals surface area contributed by atoms with Crippen LogP contribution in [0.1, 0.15) is 21.6 Å². The lowest BCUT2D eigenvalue weighted by molar-refractivity contribution is 0.0728. The Bertz CT molecular complexity index is 1160. The van der Waals surface area contributed by atoms with E-state index < -0.39 is 0 Å². The number of ether oxygens (including phenoxy) is 2. The van der Waals surface area contributed by atoms with Gasteiger partial charge >= 0.3 is 0 Å². The Kier molecular flexibility index (Phi) is 5.46. The second kappa shape index (κ2) is 8.20. The summed E-state index contributed by atoms with van der Waals surface area (Å²) in [5.41, 5.74) is 2.21. The molecule has 0 fully saturated rings. The minimum Gasteiger partial charge on any atom is -0.497 e. The van der Waals surface area contributed by atoms with Gasteiger partial charge in [-0.1, -0.05) is 11.6 Å². The highest BCUT2D eigenvalue weighted by Crippen LogP contribution is 2.27. The van der Waals surface area contributed by atoms with Crippen molar-refractivity contribution in [2.45, 2.75) is 13.0 Å². The van der Waals surface area contributed by atoms with Gasteiger partial charge in [-0.25, -0.2) is 4.98 Å². The van der Waals surface area contributed by atoms with Crippen LogP contribution in [0.4, 0.5) is 0 Å². The Morgan fingerprint density at radius 3 is 2.60 bits per heavy atom. The summed E-state index contributed by atoms with van der Waals surface area (Å²) in [6, 6.07) is 12.2. The summed E-state index contributed by atoms with van der Waals surface area (Å²) >= 11 is 6.00. The molecule has 7 nitrogen and oxygen atoms in total. The van der Waals surface area contributed by atoms with Crippen LogP contribution >= 0.6 is 11.6 Å². The van der Waals surface area contributed by atoms with E-state index in [2.05, 4.69) is 9.97 Å². The highest BCUT2D eigenvalue weighted by atomic mass is 35.5. The van der Waals surface area contributed by atoms with Gasteiger partial charge in [0.15, 0.2) is 0 Å². The van der Waals surface area contributed by atoms with Crippen molar-refractivity contribution in [3.8, 4) is 22.9 Å². The van der Waals surface area contributed by atoms with E-state index in [-0.39, 0.29) is 18.0 Å². The van der Waals surface area contributed by atoms with Gasteiger partial charge in [0.2, 0.25) is 0 Å². The first-order valence-electron chi connectivity index (χ1n) is 9.39. The monoisotopic (exact) mass is 425 g/mol. The van der Waals surface area contributed by atoms with Gasteiger partial charge in [0.25, 0.3) is 11.5 Å². The number of halogens is 1. The number of aromatic nitrogens is 2. The maximum absolute atomic E-state index is 13.1. The van der Waals surface area contributed by atoms with E-state index in [0.717, 1.165) is 5.56 Å². The van der Waals surface area contributed by atoms with Crippen LogP contribution in [0, 0.1) is 0 Å². The molecule has 1 aliphatic rings. The molecule has 0 unspecified atom stereocenters. The zero-order valence-corrected chi connectivity index (χ0v) is 17.3. The summed E-state index contributed by atoms with van der Waals surface area (Å²) in [4.78, 5) is 34.8. The molecule has 2 aromatic carbocycles. The molecule has 0 spiro atoms. The number of hydrogen-bond acceptors (Lipinski definition) is 5. The van der Waals surface area contributed by atoms with Crippen molar-refractivity contribution in [2.75, 3.05) is 20.8 Å². The molecular weight excluding hydrogens is 406 g/mol. The van der Waals surface area contributed by atoms with Gasteiger partial charge in [-0.2, -0.15) is 0 Å². The van der Waals surface area contributed by atoms with Crippen LogP contribution in [0.2, 0.25) is 5.02 Å². The Hall–Kier alpha value is -3.32. The zero-order chi connectivity index (χ0) is 21.3. The molecule has 30 heavy (non-hydrogen) atoms. The van der Waals surface area contributed by atoms with E-state index >= 15 is 0 Å². The molecule has 0 atom stereocenters. The Balaban J connectivity index is 1.65. The summed E-state index contributed by atoms with van der Waals surface area (Å²) < 4.78 is 10.5. The fourth-order valence-electron chi connectivity index (χ4n) is 3.51. The van der Waals surface area contributed by atoms with Crippen LogP contribution in [0.3, 0.4) is 0 Å². The summed E-state index contributed by atoms with van der Waals surface area (Å²) in [7, 11) is 3.09. The van der Waals surface area contributed by atoms with Crippen molar-refractivity contribution in [3.05, 3.63) is 74.7 Å². The third-order valence-corrected chi connectivity index (χ3v) is 5.35. The number of carbonyl (C=O) groups is 1. The van der Waals surface area contributed by atoms with Crippen molar-refractivity contribution < 1.29 is 14.3 Å². The molecule has 0 bridgehead atoms. The van der Waals surface area contributed by atoms with Gasteiger partial charge in [0, 0.05) is 22.7 Å². The molecule has 154 valence electrons. The lowest BCUT2D eigenvalue weighted by Crippen LogP contribution is -2.39. The third-order valence-electron chi connectivity index (χ3n) is 5.12. The number of methoxy groups -OCH3 is 2. The number of aromatic amines is 1. The Morgan fingerprint density at radius 1 is 1.13 bits per heavy atom. The topological polar surface area (TPSA) is 84.5 Å². The molecule has 1 amide bonds. The smallest absolute Gasteiger partial charge is 0.257 e. The summed E-state index contributed by atoms with van der Waals surface area (Å²) in [5, 5.41) is 0.490. The quantitative estimate of drug-likeness (QED) is 0.693. The van der Waals surface area contributed by atoms with Crippen LogP contribution in [0.15, 0.2) is 47.3 Å². The van der Waals surface area contributed by atoms with Gasteiger partial charge in [-0.05, 0) is 48.9 Å². The molecule has 1 aliphatic heterocycles. The predicted octanol–water partition coefficient (Wildman–Crippen LogP) is 3.31. The van der Waals surface area contributed by atoms with Crippen LogP contribution in [0.5, 0.6) is 11.5 Å². The molecule has 1 N–H and O–H groups in total. The molecule has 3 aromatic rings. The number of amides is 1. The molecule has 8 heteroatoms. The summed E-state index contributed by atoms with van der Waals surface area (Å²) in [6.07, 6.45) is 0.433. The number of benzene rings is 2. The maximum Gasteiger partial charge on any atom is 0.257 e. The number of carbonyl (C=O) groups excluding carboxylic acids is 1. The largest absolute Gasteiger partial charge is 0.497 e. The van der Waals surface area contributed by atoms with Crippen molar-refractivity contribution in [2.24, 2.45) is 0 Å². The van der Waals surface area contributed by atoms with E-state index in [0.29, 0.717) is 52.1 Å². The van der Waals surface area contributed by atoms with Crippen molar-refractivity contribution in [3.63, 3.8) is 0 Å². The fraction of sp³-hybridized carbons (Fsp3) is 0.227. The lowest BCUT2D eigenvalue weighted by Gasteiger charge is -2.28. The number of nitrogens with zero attached hydrogens (tertiary/aromatic N) is 2. The molecule has 0 saturated heterocycles. The number of fused-ring (bicyclic) bond motifs is 1. The second-order valence-corrected chi connectivity index (χ2v) is 7.33. The normalized spacial score (nSPS) is 13.0.